The van der Waals surface area contributed by atoms with Gasteiger partial charge in [-0.05, 0) is 55.7 Å². The van der Waals surface area contributed by atoms with Crippen LogP contribution in [-0.4, -0.2) is 17.9 Å². The van der Waals surface area contributed by atoms with Gasteiger partial charge in [0, 0.05) is 17.3 Å². The zero-order chi connectivity index (χ0) is 21.5. The highest BCUT2D eigenvalue weighted by Crippen LogP contribution is 2.22. The van der Waals surface area contributed by atoms with Crippen molar-refractivity contribution in [3.8, 4) is 0 Å². The van der Waals surface area contributed by atoms with Crippen LogP contribution in [0.1, 0.15) is 40.9 Å². The van der Waals surface area contributed by atoms with Gasteiger partial charge in [-0.25, -0.2) is 0 Å². The molecule has 154 valence electrons. The molecule has 1 N–H and O–H groups in total. The molecule has 0 bridgehead atoms. The highest BCUT2D eigenvalue weighted by atomic mass is 16.2. The number of rotatable bonds is 7. The summed E-state index contributed by atoms with van der Waals surface area (Å²) in [5, 5.41) is 2.90. The van der Waals surface area contributed by atoms with E-state index >= 15 is 0 Å². The molecule has 0 spiro atoms. The molecule has 0 aliphatic carbocycles. The van der Waals surface area contributed by atoms with E-state index in [1.807, 2.05) is 99.6 Å². The summed E-state index contributed by atoms with van der Waals surface area (Å²) in [6.07, 6.45) is 0.322. The predicted octanol–water partition coefficient (Wildman–Crippen LogP) is 4.91. The van der Waals surface area contributed by atoms with Gasteiger partial charge in [0.25, 0.3) is 5.91 Å². The number of aryl methyl sites for hydroxylation is 1. The van der Waals surface area contributed by atoms with Crippen molar-refractivity contribution in [3.63, 3.8) is 0 Å². The molecular formula is C26H28N2O2. The molecule has 3 aromatic carbocycles. The van der Waals surface area contributed by atoms with Crippen LogP contribution in [0.4, 0.5) is 5.69 Å². The van der Waals surface area contributed by atoms with Gasteiger partial charge < -0.3 is 10.2 Å². The first-order chi connectivity index (χ1) is 14.4. The van der Waals surface area contributed by atoms with E-state index in [0.717, 1.165) is 22.4 Å². The molecule has 4 nitrogen and oxygen atoms in total. The van der Waals surface area contributed by atoms with E-state index < -0.39 is 0 Å². The van der Waals surface area contributed by atoms with Crippen LogP contribution in [0, 0.1) is 6.92 Å². The maximum atomic E-state index is 13.4. The molecule has 0 fully saturated rings. The molecule has 0 atom stereocenters. The summed E-state index contributed by atoms with van der Waals surface area (Å²) in [6, 6.07) is 25.4. The van der Waals surface area contributed by atoms with Gasteiger partial charge in [0.05, 0.1) is 13.0 Å². The minimum Gasteiger partial charge on any atom is -0.354 e. The van der Waals surface area contributed by atoms with Crippen molar-refractivity contribution < 1.29 is 9.59 Å². The summed E-state index contributed by atoms with van der Waals surface area (Å²) in [7, 11) is 0. The van der Waals surface area contributed by atoms with E-state index in [9.17, 15) is 9.59 Å². The van der Waals surface area contributed by atoms with Crippen LogP contribution >= 0.6 is 0 Å². The second-order valence-electron chi connectivity index (χ2n) is 7.76. The minimum atomic E-state index is -0.0396. The predicted molar refractivity (Wildman–Crippen MR) is 122 cm³/mol. The van der Waals surface area contributed by atoms with Gasteiger partial charge >= 0.3 is 0 Å². The highest BCUT2D eigenvalue weighted by molar-refractivity contribution is 6.07. The molecule has 0 unspecified atom stereocenters. The van der Waals surface area contributed by atoms with E-state index in [1.165, 1.54) is 0 Å². The average Bonchev–Trinajstić information content (AvgIpc) is 2.73. The van der Waals surface area contributed by atoms with E-state index in [0.29, 0.717) is 18.5 Å². The van der Waals surface area contributed by atoms with Crippen molar-refractivity contribution in [2.75, 3.05) is 4.90 Å². The Hall–Kier alpha value is -3.40. The van der Waals surface area contributed by atoms with Gasteiger partial charge in [-0.1, -0.05) is 60.7 Å². The first-order valence-electron chi connectivity index (χ1n) is 10.2. The van der Waals surface area contributed by atoms with Crippen molar-refractivity contribution in [1.29, 1.82) is 0 Å². The molecule has 0 aromatic heterocycles. The third-order valence-corrected chi connectivity index (χ3v) is 4.87. The van der Waals surface area contributed by atoms with Crippen molar-refractivity contribution in [1.82, 2.24) is 5.32 Å². The SMILES string of the molecule is Cc1ccccc1C(=O)N(Cc1ccccc1)c1ccc(CC(=O)NC(C)C)cc1. The first-order valence-corrected chi connectivity index (χ1v) is 10.2. The molecule has 2 amide bonds. The molecule has 0 radical (unpaired) electrons. The number of hydrogen-bond acceptors (Lipinski definition) is 2. The zero-order valence-corrected chi connectivity index (χ0v) is 17.8. The summed E-state index contributed by atoms with van der Waals surface area (Å²) in [5.74, 6) is -0.0443. The van der Waals surface area contributed by atoms with Crippen LogP contribution in [0.25, 0.3) is 0 Å². The second kappa shape index (κ2) is 9.88. The number of anilines is 1. The molecule has 4 heteroatoms. The number of carbonyl (C=O) groups excluding carboxylic acids is 2. The minimum absolute atomic E-state index is 0.00474. The summed E-state index contributed by atoms with van der Waals surface area (Å²) < 4.78 is 0. The van der Waals surface area contributed by atoms with Crippen LogP contribution in [0.5, 0.6) is 0 Å². The zero-order valence-electron chi connectivity index (χ0n) is 17.8. The summed E-state index contributed by atoms with van der Waals surface area (Å²) in [5.41, 5.74) is 4.41. The fourth-order valence-electron chi connectivity index (χ4n) is 3.36. The fraction of sp³-hybridized carbons (Fsp3) is 0.231. The Morgan fingerprint density at radius 3 is 2.10 bits per heavy atom. The lowest BCUT2D eigenvalue weighted by Crippen LogP contribution is -2.32. The third kappa shape index (κ3) is 5.57. The number of carbonyl (C=O) groups is 2. The number of hydrogen-bond donors (Lipinski definition) is 1. The third-order valence-electron chi connectivity index (χ3n) is 4.87. The molecule has 0 aliphatic rings. The Morgan fingerprint density at radius 2 is 1.47 bits per heavy atom. The summed E-state index contributed by atoms with van der Waals surface area (Å²) in [4.78, 5) is 27.2. The number of nitrogens with zero attached hydrogens (tertiary/aromatic N) is 1. The molecule has 3 aromatic rings. The van der Waals surface area contributed by atoms with Crippen molar-refractivity contribution in [2.45, 2.75) is 39.8 Å². The van der Waals surface area contributed by atoms with Gasteiger partial charge in [0.15, 0.2) is 0 Å². The average molecular weight is 401 g/mol. The Morgan fingerprint density at radius 1 is 0.833 bits per heavy atom. The van der Waals surface area contributed by atoms with E-state index in [2.05, 4.69) is 5.32 Å². The van der Waals surface area contributed by atoms with Crippen molar-refractivity contribution in [3.05, 3.63) is 101 Å². The number of benzene rings is 3. The van der Waals surface area contributed by atoms with Crippen molar-refractivity contribution in [2.24, 2.45) is 0 Å². The van der Waals surface area contributed by atoms with Crippen molar-refractivity contribution >= 4 is 17.5 Å². The van der Waals surface area contributed by atoms with Crippen LogP contribution in [0.15, 0.2) is 78.9 Å². The molecule has 0 aliphatic heterocycles. The second-order valence-corrected chi connectivity index (χ2v) is 7.76. The Kier molecular flexibility index (Phi) is 7.02. The largest absolute Gasteiger partial charge is 0.354 e. The lowest BCUT2D eigenvalue weighted by atomic mass is 10.1. The van der Waals surface area contributed by atoms with Gasteiger partial charge in [0.2, 0.25) is 5.91 Å². The summed E-state index contributed by atoms with van der Waals surface area (Å²) >= 11 is 0. The molecule has 0 saturated carbocycles. The molecule has 0 saturated heterocycles. The van der Waals surface area contributed by atoms with Gasteiger partial charge in [-0.15, -0.1) is 0 Å². The standard InChI is InChI=1S/C26H28N2O2/c1-19(2)27-25(29)17-21-13-15-23(16-14-21)28(18-22-10-5-4-6-11-22)26(30)24-12-8-7-9-20(24)3/h4-16,19H,17-18H2,1-3H3,(H,27,29). The van der Waals surface area contributed by atoms with E-state index in [1.54, 1.807) is 4.90 Å². The van der Waals surface area contributed by atoms with Gasteiger partial charge in [-0.3, -0.25) is 9.59 Å². The summed E-state index contributed by atoms with van der Waals surface area (Å²) in [6.45, 7) is 6.31. The normalized spacial score (nSPS) is 10.7. The topological polar surface area (TPSA) is 49.4 Å². The molecule has 0 heterocycles. The Balaban J connectivity index is 1.87. The maximum Gasteiger partial charge on any atom is 0.258 e. The van der Waals surface area contributed by atoms with Gasteiger partial charge in [-0.2, -0.15) is 0 Å². The highest BCUT2D eigenvalue weighted by Gasteiger charge is 2.20. The lowest BCUT2D eigenvalue weighted by molar-refractivity contribution is -0.120. The lowest BCUT2D eigenvalue weighted by Gasteiger charge is -2.24. The number of amides is 2. The van der Waals surface area contributed by atoms with E-state index in [-0.39, 0.29) is 17.9 Å². The van der Waals surface area contributed by atoms with E-state index in [4.69, 9.17) is 0 Å². The van der Waals surface area contributed by atoms with Crippen LogP contribution in [0.3, 0.4) is 0 Å². The van der Waals surface area contributed by atoms with Crippen LogP contribution in [0.2, 0.25) is 0 Å². The molecular weight excluding hydrogens is 372 g/mol. The Bertz CT molecular complexity index is 995. The smallest absolute Gasteiger partial charge is 0.258 e. The van der Waals surface area contributed by atoms with Crippen LogP contribution < -0.4 is 10.2 Å². The molecule has 30 heavy (non-hydrogen) atoms. The quantitative estimate of drug-likeness (QED) is 0.613. The maximum absolute atomic E-state index is 13.4. The monoisotopic (exact) mass is 400 g/mol. The number of nitrogens with one attached hydrogen (secondary N) is 1. The first kappa shape index (κ1) is 21.3. The fourth-order valence-corrected chi connectivity index (χ4v) is 3.36. The Labute approximate surface area is 178 Å². The van der Waals surface area contributed by atoms with Crippen LogP contribution in [-0.2, 0) is 17.8 Å². The molecule has 3 rings (SSSR count). The van der Waals surface area contributed by atoms with Gasteiger partial charge in [0.1, 0.15) is 0 Å².